The average molecular weight is 495 g/mol. The molecule has 2 aliphatic rings. The summed E-state index contributed by atoms with van der Waals surface area (Å²) >= 11 is 0. The van der Waals surface area contributed by atoms with E-state index in [1.54, 1.807) is 11.0 Å². The molecule has 0 bridgehead atoms. The maximum Gasteiger partial charge on any atom is 0.419 e. The minimum absolute atomic E-state index is 0.0160. The Balaban J connectivity index is 1.29. The first-order valence-electron chi connectivity index (χ1n) is 11.9. The second kappa shape index (κ2) is 10.8. The number of hydrogen-bond acceptors (Lipinski definition) is 5. The number of nitrogens with one attached hydrogen (secondary N) is 1. The van der Waals surface area contributed by atoms with Gasteiger partial charge >= 0.3 is 6.18 Å². The molecule has 2 aromatic rings. The molecule has 1 atom stereocenters. The third kappa shape index (κ3) is 6.22. The quantitative estimate of drug-likeness (QED) is 0.609. The number of anilines is 1. The van der Waals surface area contributed by atoms with Gasteiger partial charge in [-0.1, -0.05) is 6.07 Å². The van der Waals surface area contributed by atoms with E-state index in [2.05, 4.69) is 15.2 Å². The Hall–Kier alpha value is -2.88. The number of carbonyl (C=O) groups excluding carboxylic acids is 1. The van der Waals surface area contributed by atoms with Crippen LogP contribution in [0.15, 0.2) is 36.5 Å². The maximum absolute atomic E-state index is 13.9. The third-order valence-corrected chi connectivity index (χ3v) is 6.74. The molecule has 0 aliphatic carbocycles. The van der Waals surface area contributed by atoms with E-state index >= 15 is 0 Å². The van der Waals surface area contributed by atoms with Gasteiger partial charge in [0.2, 0.25) is 5.91 Å². The van der Waals surface area contributed by atoms with E-state index in [-0.39, 0.29) is 41.8 Å². The predicted molar refractivity (Wildman–Crippen MR) is 124 cm³/mol. The number of halogens is 4. The molecule has 2 saturated heterocycles. The van der Waals surface area contributed by atoms with Crippen LogP contribution in [-0.4, -0.2) is 55.1 Å². The number of nitrogens with zero attached hydrogens (tertiary/aromatic N) is 3. The zero-order valence-corrected chi connectivity index (χ0v) is 19.7. The molecule has 1 N–H and O–H groups in total. The van der Waals surface area contributed by atoms with Crippen LogP contribution in [0.3, 0.4) is 0 Å². The summed E-state index contributed by atoms with van der Waals surface area (Å²) in [6.07, 6.45) is -0.355. The summed E-state index contributed by atoms with van der Waals surface area (Å²) in [6.45, 7) is 2.79. The van der Waals surface area contributed by atoms with Crippen LogP contribution >= 0.6 is 0 Å². The first kappa shape index (κ1) is 25.2. The number of amides is 1. The van der Waals surface area contributed by atoms with Crippen molar-refractivity contribution in [1.82, 2.24) is 15.2 Å². The zero-order valence-electron chi connectivity index (χ0n) is 19.7. The summed E-state index contributed by atoms with van der Waals surface area (Å²) in [5, 5.41) is 3.10. The highest BCUT2D eigenvalue weighted by Gasteiger charge is 2.37. The van der Waals surface area contributed by atoms with E-state index in [9.17, 15) is 22.4 Å². The second-order valence-electron chi connectivity index (χ2n) is 9.19. The van der Waals surface area contributed by atoms with Crippen molar-refractivity contribution < 1.29 is 27.1 Å². The summed E-state index contributed by atoms with van der Waals surface area (Å²) in [6, 6.07) is 7.26. The van der Waals surface area contributed by atoms with E-state index in [1.807, 2.05) is 6.07 Å². The summed E-state index contributed by atoms with van der Waals surface area (Å²) in [4.78, 5) is 20.7. The van der Waals surface area contributed by atoms with E-state index in [1.165, 1.54) is 25.4 Å². The highest BCUT2D eigenvalue weighted by Crippen LogP contribution is 2.36. The van der Waals surface area contributed by atoms with Crippen molar-refractivity contribution in [2.24, 2.45) is 5.92 Å². The fraction of sp³-hybridized carbons (Fsp3) is 0.520. The number of carbonyl (C=O) groups is 1. The summed E-state index contributed by atoms with van der Waals surface area (Å²) in [5.74, 6) is -0.779. The smallest absolute Gasteiger partial charge is 0.419 e. The van der Waals surface area contributed by atoms with Crippen LogP contribution in [0.4, 0.5) is 23.4 Å². The molecule has 35 heavy (non-hydrogen) atoms. The van der Waals surface area contributed by atoms with Crippen molar-refractivity contribution in [3.8, 4) is 5.75 Å². The molecule has 3 heterocycles. The van der Waals surface area contributed by atoms with E-state index < -0.39 is 11.7 Å². The van der Waals surface area contributed by atoms with Crippen molar-refractivity contribution in [3.63, 3.8) is 0 Å². The average Bonchev–Trinajstić information content (AvgIpc) is 2.85. The molecule has 2 fully saturated rings. The third-order valence-electron chi connectivity index (χ3n) is 6.74. The molecular weight excluding hydrogens is 464 g/mol. The molecule has 4 rings (SSSR count). The Labute approximate surface area is 202 Å². The van der Waals surface area contributed by atoms with Gasteiger partial charge in [-0.2, -0.15) is 13.2 Å². The topological polar surface area (TPSA) is 57.7 Å². The van der Waals surface area contributed by atoms with Crippen LogP contribution < -0.4 is 15.0 Å². The maximum atomic E-state index is 13.9. The molecule has 1 aromatic heterocycles. The van der Waals surface area contributed by atoms with E-state index in [0.29, 0.717) is 25.9 Å². The monoisotopic (exact) mass is 494 g/mol. The molecule has 10 heteroatoms. The molecule has 190 valence electrons. The van der Waals surface area contributed by atoms with Crippen LogP contribution in [0.5, 0.6) is 5.75 Å². The number of aromatic nitrogens is 1. The number of pyridine rings is 1. The first-order chi connectivity index (χ1) is 16.7. The van der Waals surface area contributed by atoms with Gasteiger partial charge in [0.1, 0.15) is 5.82 Å². The lowest BCUT2D eigenvalue weighted by molar-refractivity contribution is -0.137. The normalized spacial score (nSPS) is 20.0. The highest BCUT2D eigenvalue weighted by molar-refractivity contribution is 5.80. The first-order valence-corrected chi connectivity index (χ1v) is 11.9. The lowest BCUT2D eigenvalue weighted by atomic mass is 9.95. The van der Waals surface area contributed by atoms with Gasteiger partial charge in [-0.3, -0.25) is 9.69 Å². The largest absolute Gasteiger partial charge is 0.494 e. The SMILES string of the molecule is COc1ccc(CN2CCC(NC(=O)C3CCCN(c4ncccc4C(F)(F)F)C3)CC2)cc1F. The summed E-state index contributed by atoms with van der Waals surface area (Å²) in [5.41, 5.74) is 0.0889. The fourth-order valence-electron chi connectivity index (χ4n) is 4.87. The van der Waals surface area contributed by atoms with Gasteiger partial charge in [0.05, 0.1) is 18.6 Å². The number of hydrogen-bond donors (Lipinski definition) is 1. The number of methoxy groups -OCH3 is 1. The summed E-state index contributed by atoms with van der Waals surface area (Å²) in [7, 11) is 1.43. The van der Waals surface area contributed by atoms with Crippen LogP contribution in [0, 0.1) is 11.7 Å². The molecule has 0 radical (unpaired) electrons. The van der Waals surface area contributed by atoms with Crippen LogP contribution in [0.2, 0.25) is 0 Å². The number of likely N-dealkylation sites (tertiary alicyclic amines) is 1. The Morgan fingerprint density at radius 3 is 2.63 bits per heavy atom. The van der Waals surface area contributed by atoms with E-state index in [4.69, 9.17) is 4.74 Å². The highest BCUT2D eigenvalue weighted by atomic mass is 19.4. The number of piperidine rings is 2. The Bertz CT molecular complexity index is 1020. The Kier molecular flexibility index (Phi) is 7.78. The van der Waals surface area contributed by atoms with E-state index in [0.717, 1.165) is 37.6 Å². The number of benzene rings is 1. The molecular formula is C25H30F4N4O2. The van der Waals surface area contributed by atoms with Gasteiger partial charge in [-0.15, -0.1) is 0 Å². The summed E-state index contributed by atoms with van der Waals surface area (Å²) < 4.78 is 59.2. The fourth-order valence-corrected chi connectivity index (χ4v) is 4.87. The number of rotatable bonds is 6. The van der Waals surface area contributed by atoms with Crippen molar-refractivity contribution >= 4 is 11.7 Å². The van der Waals surface area contributed by atoms with Crippen LogP contribution in [-0.2, 0) is 17.5 Å². The van der Waals surface area contributed by atoms with Gasteiger partial charge in [-0.25, -0.2) is 9.37 Å². The molecule has 1 unspecified atom stereocenters. The van der Waals surface area contributed by atoms with Crippen molar-refractivity contribution in [2.75, 3.05) is 38.2 Å². The van der Waals surface area contributed by atoms with Crippen molar-refractivity contribution in [3.05, 3.63) is 53.5 Å². The number of alkyl halides is 3. The standard InChI is InChI=1S/C25H30F4N4O2/c1-35-22-7-6-17(14-21(22)26)15-32-12-8-19(9-13-32)31-24(34)18-4-3-11-33(16-18)23-20(25(27,28)29)5-2-10-30-23/h2,5-7,10,14,18-19H,3-4,8-9,11-13,15-16H2,1H3,(H,31,34). The van der Waals surface area contributed by atoms with Crippen molar-refractivity contribution in [2.45, 2.75) is 44.4 Å². The minimum Gasteiger partial charge on any atom is -0.494 e. The van der Waals surface area contributed by atoms with Crippen molar-refractivity contribution in [1.29, 1.82) is 0 Å². The van der Waals surface area contributed by atoms with Gasteiger partial charge in [0.25, 0.3) is 0 Å². The van der Waals surface area contributed by atoms with Gasteiger partial charge in [0, 0.05) is 45.0 Å². The van der Waals surface area contributed by atoms with Gasteiger partial charge < -0.3 is 15.0 Å². The molecule has 1 aromatic carbocycles. The Morgan fingerprint density at radius 2 is 1.94 bits per heavy atom. The molecule has 6 nitrogen and oxygen atoms in total. The van der Waals surface area contributed by atoms with Crippen LogP contribution in [0.1, 0.15) is 36.8 Å². The lowest BCUT2D eigenvalue weighted by Crippen LogP contribution is -2.49. The lowest BCUT2D eigenvalue weighted by Gasteiger charge is -2.36. The minimum atomic E-state index is -4.50. The Morgan fingerprint density at radius 1 is 1.17 bits per heavy atom. The molecule has 1 amide bonds. The zero-order chi connectivity index (χ0) is 25.0. The van der Waals surface area contributed by atoms with Crippen LogP contribution in [0.25, 0.3) is 0 Å². The molecule has 0 spiro atoms. The van der Waals surface area contributed by atoms with Gasteiger partial charge in [0.15, 0.2) is 11.6 Å². The molecule has 2 aliphatic heterocycles. The number of ether oxygens (including phenoxy) is 1. The van der Waals surface area contributed by atoms with Gasteiger partial charge in [-0.05, 0) is 55.5 Å². The predicted octanol–water partition coefficient (Wildman–Crippen LogP) is 4.25. The molecule has 0 saturated carbocycles. The second-order valence-corrected chi connectivity index (χ2v) is 9.19.